The molecular weight excluding hydrogens is 346 g/mol. The monoisotopic (exact) mass is 389 g/mol. The Hall–Kier alpha value is -1.55. The van der Waals surface area contributed by atoms with Gasteiger partial charge >= 0.3 is 0 Å². The van der Waals surface area contributed by atoms with Crippen LogP contribution in [0, 0.1) is 0 Å². The van der Waals surface area contributed by atoms with Gasteiger partial charge in [0.25, 0.3) is 0 Å². The van der Waals surface area contributed by atoms with Crippen molar-refractivity contribution in [1.82, 2.24) is 4.90 Å². The molecule has 2 N–H and O–H groups in total. The fourth-order valence-electron chi connectivity index (χ4n) is 3.96. The predicted octanol–water partition coefficient (Wildman–Crippen LogP) is 5.43. The van der Waals surface area contributed by atoms with Crippen LogP contribution in [0.15, 0.2) is 23.4 Å². The number of oxime groups is 1. The molecule has 0 unspecified atom stereocenters. The van der Waals surface area contributed by atoms with Crippen LogP contribution in [0.25, 0.3) is 0 Å². The van der Waals surface area contributed by atoms with E-state index in [0.29, 0.717) is 5.84 Å². The number of amidine groups is 1. The molecule has 1 aromatic carbocycles. The highest BCUT2D eigenvalue weighted by molar-refractivity contribution is 5.97. The van der Waals surface area contributed by atoms with Gasteiger partial charge in [-0.25, -0.2) is 0 Å². The van der Waals surface area contributed by atoms with Crippen LogP contribution in [0.4, 0.5) is 0 Å². The molecular formula is C24H43N3O. The number of benzene rings is 1. The maximum atomic E-state index is 5.92. The van der Waals surface area contributed by atoms with Crippen LogP contribution in [0.5, 0.6) is 0 Å². The summed E-state index contributed by atoms with van der Waals surface area (Å²) in [5, 5.41) is 3.82. The molecule has 0 saturated carbocycles. The highest BCUT2D eigenvalue weighted by Crippen LogP contribution is 2.45. The molecule has 4 heteroatoms. The standard InChI is InChI=1S/C16H24N2O.C8H19N/c1-15(2)8-9-16(3,4)13-10-11(6-7-12(13)15)14(17)18-19-5;1-4-7-9(6-3)8-5-2/h6-7,10H,8-9H2,1-5H3,(H2,17,18);4-8H2,1-3H3. The summed E-state index contributed by atoms with van der Waals surface area (Å²) in [4.78, 5) is 7.24. The molecule has 2 rings (SSSR count). The van der Waals surface area contributed by atoms with Crippen LogP contribution < -0.4 is 5.73 Å². The van der Waals surface area contributed by atoms with Gasteiger partial charge in [0.15, 0.2) is 5.84 Å². The van der Waals surface area contributed by atoms with Crippen molar-refractivity contribution in [2.24, 2.45) is 10.9 Å². The smallest absolute Gasteiger partial charge is 0.170 e. The molecule has 0 heterocycles. The molecule has 0 atom stereocenters. The zero-order valence-corrected chi connectivity index (χ0v) is 19.6. The van der Waals surface area contributed by atoms with Crippen molar-refractivity contribution >= 4 is 5.84 Å². The normalized spacial score (nSPS) is 17.5. The van der Waals surface area contributed by atoms with E-state index in [1.54, 1.807) is 0 Å². The van der Waals surface area contributed by atoms with E-state index in [1.807, 2.05) is 6.07 Å². The molecule has 1 aliphatic carbocycles. The Labute approximate surface area is 173 Å². The van der Waals surface area contributed by atoms with Crippen LogP contribution >= 0.6 is 0 Å². The number of hydrogen-bond donors (Lipinski definition) is 1. The van der Waals surface area contributed by atoms with E-state index in [4.69, 9.17) is 10.6 Å². The minimum atomic E-state index is 0.189. The largest absolute Gasteiger partial charge is 0.397 e. The topological polar surface area (TPSA) is 50.8 Å². The quantitative estimate of drug-likeness (QED) is 0.384. The summed E-state index contributed by atoms with van der Waals surface area (Å²) in [6.45, 7) is 19.7. The average Bonchev–Trinajstić information content (AvgIpc) is 2.66. The van der Waals surface area contributed by atoms with Crippen molar-refractivity contribution in [3.63, 3.8) is 0 Å². The highest BCUT2D eigenvalue weighted by Gasteiger charge is 2.37. The third-order valence-corrected chi connectivity index (χ3v) is 5.87. The third kappa shape index (κ3) is 6.51. The molecule has 0 saturated heterocycles. The van der Waals surface area contributed by atoms with Gasteiger partial charge in [-0.1, -0.05) is 65.8 Å². The zero-order valence-electron chi connectivity index (χ0n) is 19.6. The first-order chi connectivity index (χ1) is 13.1. The first kappa shape index (κ1) is 24.5. The van der Waals surface area contributed by atoms with Crippen molar-refractivity contribution in [2.75, 3.05) is 26.7 Å². The fourth-order valence-corrected chi connectivity index (χ4v) is 3.96. The lowest BCUT2D eigenvalue weighted by Crippen LogP contribution is -2.34. The van der Waals surface area contributed by atoms with E-state index in [1.165, 1.54) is 63.6 Å². The summed E-state index contributed by atoms with van der Waals surface area (Å²) in [5.41, 5.74) is 10.1. The molecule has 0 bridgehead atoms. The molecule has 0 spiro atoms. The molecule has 4 nitrogen and oxygen atoms in total. The van der Waals surface area contributed by atoms with Gasteiger partial charge in [0.05, 0.1) is 0 Å². The molecule has 0 aromatic heterocycles. The molecule has 160 valence electrons. The molecule has 28 heavy (non-hydrogen) atoms. The number of nitrogens with two attached hydrogens (primary N) is 1. The summed E-state index contributed by atoms with van der Waals surface area (Å²) in [7, 11) is 1.51. The Morgan fingerprint density at radius 1 is 1.00 bits per heavy atom. The van der Waals surface area contributed by atoms with Gasteiger partial charge in [-0.05, 0) is 73.3 Å². The fraction of sp³-hybridized carbons (Fsp3) is 0.708. The Kier molecular flexibility index (Phi) is 9.49. The number of rotatable bonds is 7. The van der Waals surface area contributed by atoms with E-state index in [9.17, 15) is 0 Å². The molecule has 0 fully saturated rings. The van der Waals surface area contributed by atoms with E-state index < -0.39 is 0 Å². The van der Waals surface area contributed by atoms with Crippen LogP contribution in [0.3, 0.4) is 0 Å². The number of nitrogens with zero attached hydrogens (tertiary/aromatic N) is 2. The Morgan fingerprint density at radius 3 is 2.00 bits per heavy atom. The second-order valence-corrected chi connectivity index (χ2v) is 9.12. The second kappa shape index (κ2) is 10.8. The van der Waals surface area contributed by atoms with Crippen LogP contribution in [0.2, 0.25) is 0 Å². The van der Waals surface area contributed by atoms with Crippen LogP contribution in [-0.2, 0) is 15.7 Å². The van der Waals surface area contributed by atoms with Gasteiger partial charge in [-0.15, -0.1) is 0 Å². The second-order valence-electron chi connectivity index (χ2n) is 9.12. The molecule has 0 amide bonds. The summed E-state index contributed by atoms with van der Waals surface area (Å²) < 4.78 is 0. The number of fused-ring (bicyclic) bond motifs is 1. The first-order valence-electron chi connectivity index (χ1n) is 10.9. The van der Waals surface area contributed by atoms with Crippen molar-refractivity contribution in [3.8, 4) is 0 Å². The lowest BCUT2D eigenvalue weighted by atomic mass is 9.63. The maximum absolute atomic E-state index is 5.92. The molecule has 1 aromatic rings. The SMILES string of the molecule is CCCN(CC)CCC.CO/N=C(\N)c1ccc2c(c1)C(C)(C)CCC2(C)C. The maximum Gasteiger partial charge on any atom is 0.170 e. The Bertz CT molecular complexity index is 629. The van der Waals surface area contributed by atoms with Crippen molar-refractivity contribution in [1.29, 1.82) is 0 Å². The van der Waals surface area contributed by atoms with E-state index in [2.05, 4.69) is 70.7 Å². The molecule has 0 radical (unpaired) electrons. The molecule has 1 aliphatic rings. The van der Waals surface area contributed by atoms with Crippen molar-refractivity contribution in [3.05, 3.63) is 34.9 Å². The van der Waals surface area contributed by atoms with Crippen LogP contribution in [-0.4, -0.2) is 37.5 Å². The van der Waals surface area contributed by atoms with Crippen molar-refractivity contribution in [2.45, 2.75) is 85.0 Å². The lowest BCUT2D eigenvalue weighted by Gasteiger charge is -2.42. The van der Waals surface area contributed by atoms with Gasteiger partial charge < -0.3 is 15.5 Å². The van der Waals surface area contributed by atoms with Crippen LogP contribution in [0.1, 0.15) is 90.8 Å². The minimum absolute atomic E-state index is 0.189. The third-order valence-electron chi connectivity index (χ3n) is 5.87. The predicted molar refractivity (Wildman–Crippen MR) is 122 cm³/mol. The van der Waals surface area contributed by atoms with Gasteiger partial charge in [-0.2, -0.15) is 0 Å². The zero-order chi connectivity index (χ0) is 21.4. The van der Waals surface area contributed by atoms with Gasteiger partial charge in [-0.3, -0.25) is 0 Å². The Morgan fingerprint density at radius 2 is 1.54 bits per heavy atom. The number of hydrogen-bond acceptors (Lipinski definition) is 3. The summed E-state index contributed by atoms with van der Waals surface area (Å²) in [6.07, 6.45) is 4.98. The lowest BCUT2D eigenvalue weighted by molar-refractivity contribution is 0.213. The molecule has 0 aliphatic heterocycles. The summed E-state index contributed by atoms with van der Waals surface area (Å²) in [5.74, 6) is 0.435. The highest BCUT2D eigenvalue weighted by atomic mass is 16.6. The average molecular weight is 390 g/mol. The Balaban J connectivity index is 0.000000370. The summed E-state index contributed by atoms with van der Waals surface area (Å²) in [6, 6.07) is 6.41. The van der Waals surface area contributed by atoms with Crippen molar-refractivity contribution < 1.29 is 4.84 Å². The van der Waals surface area contributed by atoms with E-state index >= 15 is 0 Å². The van der Waals surface area contributed by atoms with Gasteiger partial charge in [0.2, 0.25) is 0 Å². The van der Waals surface area contributed by atoms with Gasteiger partial charge in [0, 0.05) is 5.56 Å². The van der Waals surface area contributed by atoms with Gasteiger partial charge in [0.1, 0.15) is 7.11 Å². The van der Waals surface area contributed by atoms with E-state index in [-0.39, 0.29) is 10.8 Å². The first-order valence-corrected chi connectivity index (χ1v) is 10.9. The van der Waals surface area contributed by atoms with E-state index in [0.717, 1.165) is 5.56 Å². The minimum Gasteiger partial charge on any atom is -0.397 e. The summed E-state index contributed by atoms with van der Waals surface area (Å²) >= 11 is 0.